The Balaban J connectivity index is 1.73. The first-order valence-corrected chi connectivity index (χ1v) is 11.1. The number of rotatable bonds is 3. The van der Waals surface area contributed by atoms with E-state index in [1.54, 1.807) is 18.7 Å². The first-order chi connectivity index (χ1) is 16.9. The monoisotopic (exact) mass is 507 g/mol. The van der Waals surface area contributed by atoms with Crippen molar-refractivity contribution in [2.75, 3.05) is 37.9 Å². The molecule has 0 unspecified atom stereocenters. The van der Waals surface area contributed by atoms with E-state index in [1.807, 2.05) is 6.07 Å². The number of benzene rings is 1. The third-order valence-electron chi connectivity index (χ3n) is 5.92. The molecule has 3 aliphatic rings. The van der Waals surface area contributed by atoms with Crippen molar-refractivity contribution < 1.29 is 37.1 Å². The van der Waals surface area contributed by atoms with Crippen molar-refractivity contribution in [3.63, 3.8) is 0 Å². The lowest BCUT2D eigenvalue weighted by Crippen LogP contribution is -2.53. The summed E-state index contributed by atoms with van der Waals surface area (Å²) in [4.78, 5) is 31.0. The SMILES string of the molecule is CC1(C)CC2=C(CO1)N(OC(=O)C(F)(F)F)N(c1ccc(C(=O)N3CCOCC3)cc1)C(N)=C2C#N. The summed E-state index contributed by atoms with van der Waals surface area (Å²) in [6, 6.07) is 7.82. The Hall–Kier alpha value is -3.76. The van der Waals surface area contributed by atoms with E-state index >= 15 is 0 Å². The number of hydroxylamine groups is 1. The average molecular weight is 507 g/mol. The lowest BCUT2D eigenvalue weighted by atomic mass is 9.88. The van der Waals surface area contributed by atoms with Gasteiger partial charge in [-0.2, -0.15) is 18.4 Å². The normalized spacial score (nSPS) is 20.2. The van der Waals surface area contributed by atoms with E-state index in [-0.39, 0.29) is 41.7 Å². The third kappa shape index (κ3) is 4.82. The minimum atomic E-state index is -5.29. The van der Waals surface area contributed by atoms with Crippen LogP contribution in [-0.4, -0.2) is 66.6 Å². The zero-order chi connectivity index (χ0) is 26.3. The lowest BCUT2D eigenvalue weighted by molar-refractivity contribution is -0.236. The van der Waals surface area contributed by atoms with Crippen molar-refractivity contribution in [3.8, 4) is 6.07 Å². The molecule has 3 heterocycles. The quantitative estimate of drug-likeness (QED) is 0.657. The highest BCUT2D eigenvalue weighted by Crippen LogP contribution is 2.41. The van der Waals surface area contributed by atoms with Gasteiger partial charge < -0.3 is 24.9 Å². The Labute approximate surface area is 204 Å². The molecule has 0 radical (unpaired) electrons. The highest BCUT2D eigenvalue weighted by molar-refractivity contribution is 5.94. The van der Waals surface area contributed by atoms with Gasteiger partial charge in [0, 0.05) is 30.6 Å². The summed E-state index contributed by atoms with van der Waals surface area (Å²) < 4.78 is 50.4. The molecule has 0 aromatic heterocycles. The zero-order valence-corrected chi connectivity index (χ0v) is 19.6. The van der Waals surface area contributed by atoms with E-state index < -0.39 is 17.7 Å². The van der Waals surface area contributed by atoms with Gasteiger partial charge in [-0.1, -0.05) is 0 Å². The van der Waals surface area contributed by atoms with Crippen LogP contribution in [0.4, 0.5) is 18.9 Å². The molecule has 0 aliphatic carbocycles. The summed E-state index contributed by atoms with van der Waals surface area (Å²) in [5.41, 5.74) is 6.39. The number of nitrogens with two attached hydrogens (primary N) is 1. The van der Waals surface area contributed by atoms with E-state index in [0.717, 1.165) is 5.01 Å². The van der Waals surface area contributed by atoms with Crippen molar-refractivity contribution in [2.45, 2.75) is 32.0 Å². The number of hydrogen-bond acceptors (Lipinski definition) is 9. The number of nitriles is 1. The molecule has 0 saturated carbocycles. The Bertz CT molecular complexity index is 1160. The molecule has 4 rings (SSSR count). The van der Waals surface area contributed by atoms with E-state index in [0.29, 0.717) is 42.6 Å². The molecular weight excluding hydrogens is 483 g/mol. The number of alkyl halides is 3. The Morgan fingerprint density at radius 3 is 2.39 bits per heavy atom. The smallest absolute Gasteiger partial charge is 0.382 e. The highest BCUT2D eigenvalue weighted by atomic mass is 19.4. The number of hydrogen-bond donors (Lipinski definition) is 1. The van der Waals surface area contributed by atoms with Crippen LogP contribution in [0.2, 0.25) is 0 Å². The molecule has 36 heavy (non-hydrogen) atoms. The minimum absolute atomic E-state index is 0.0224. The molecule has 0 atom stereocenters. The fourth-order valence-corrected chi connectivity index (χ4v) is 4.10. The first-order valence-electron chi connectivity index (χ1n) is 11.1. The molecular formula is C23H24F3N5O5. The van der Waals surface area contributed by atoms with Crippen LogP contribution >= 0.6 is 0 Å². The lowest BCUT2D eigenvalue weighted by Gasteiger charge is -2.45. The van der Waals surface area contributed by atoms with Crippen molar-refractivity contribution in [2.24, 2.45) is 5.73 Å². The number of ether oxygens (including phenoxy) is 2. The van der Waals surface area contributed by atoms with Crippen LogP contribution in [0.25, 0.3) is 0 Å². The van der Waals surface area contributed by atoms with Gasteiger partial charge in [-0.05, 0) is 38.1 Å². The maximum atomic E-state index is 13.1. The fourth-order valence-electron chi connectivity index (χ4n) is 4.10. The summed E-state index contributed by atoms with van der Waals surface area (Å²) in [5, 5.41) is 11.4. The van der Waals surface area contributed by atoms with Crippen molar-refractivity contribution in [3.05, 3.63) is 52.5 Å². The second-order valence-corrected chi connectivity index (χ2v) is 8.94. The average Bonchev–Trinajstić information content (AvgIpc) is 2.83. The van der Waals surface area contributed by atoms with Crippen LogP contribution in [0.5, 0.6) is 0 Å². The fraction of sp³-hybridized carbons (Fsp3) is 0.435. The maximum absolute atomic E-state index is 13.1. The number of hydrazine groups is 1. The first kappa shape index (κ1) is 25.3. The van der Waals surface area contributed by atoms with Crippen LogP contribution in [0, 0.1) is 11.3 Å². The predicted molar refractivity (Wildman–Crippen MR) is 118 cm³/mol. The summed E-state index contributed by atoms with van der Waals surface area (Å²) >= 11 is 0. The Morgan fingerprint density at radius 2 is 1.81 bits per heavy atom. The molecule has 10 nitrogen and oxygen atoms in total. The maximum Gasteiger partial charge on any atom is 0.493 e. The summed E-state index contributed by atoms with van der Waals surface area (Å²) in [5.74, 6) is -2.95. The molecule has 1 amide bonds. The van der Waals surface area contributed by atoms with E-state index in [1.165, 1.54) is 24.3 Å². The van der Waals surface area contributed by atoms with Gasteiger partial charge >= 0.3 is 12.1 Å². The number of carbonyl (C=O) groups is 2. The highest BCUT2D eigenvalue weighted by Gasteiger charge is 2.47. The standard InChI is InChI=1S/C23H24F3N5O5/c1-22(2)11-16-17(12-27)19(28)30(31(18(16)13-35-22)36-21(33)23(24,25)26)15-5-3-14(4-6-15)20(32)29-7-9-34-10-8-29/h3-6H,7-11,13,28H2,1-2H3. The number of nitrogens with zero attached hydrogens (tertiary/aromatic N) is 4. The topological polar surface area (TPSA) is 121 Å². The van der Waals surface area contributed by atoms with Gasteiger partial charge in [0.1, 0.15) is 17.6 Å². The summed E-state index contributed by atoms with van der Waals surface area (Å²) in [7, 11) is 0. The van der Waals surface area contributed by atoms with Crippen LogP contribution < -0.4 is 10.7 Å². The van der Waals surface area contributed by atoms with Crippen LogP contribution in [0.3, 0.4) is 0 Å². The minimum Gasteiger partial charge on any atom is -0.382 e. The van der Waals surface area contributed by atoms with Crippen LogP contribution in [-0.2, 0) is 19.1 Å². The molecule has 1 aromatic carbocycles. The molecule has 3 aliphatic heterocycles. The molecule has 1 saturated heterocycles. The van der Waals surface area contributed by atoms with E-state index in [4.69, 9.17) is 20.0 Å². The van der Waals surface area contributed by atoms with Gasteiger partial charge in [0.2, 0.25) is 0 Å². The number of anilines is 1. The largest absolute Gasteiger partial charge is 0.493 e. The van der Waals surface area contributed by atoms with Crippen molar-refractivity contribution in [1.29, 1.82) is 5.26 Å². The van der Waals surface area contributed by atoms with E-state index in [9.17, 15) is 28.0 Å². The van der Waals surface area contributed by atoms with Crippen molar-refractivity contribution in [1.82, 2.24) is 10.1 Å². The Morgan fingerprint density at radius 1 is 1.17 bits per heavy atom. The second kappa shape index (κ2) is 9.36. The van der Waals surface area contributed by atoms with Gasteiger partial charge in [0.15, 0.2) is 0 Å². The predicted octanol–water partition coefficient (Wildman–Crippen LogP) is 2.36. The van der Waals surface area contributed by atoms with Crippen molar-refractivity contribution >= 4 is 17.6 Å². The molecule has 1 aromatic rings. The molecule has 2 N–H and O–H groups in total. The number of morpholine rings is 1. The molecule has 0 spiro atoms. The number of carbonyl (C=O) groups excluding carboxylic acids is 2. The molecule has 1 fully saturated rings. The van der Waals surface area contributed by atoms with E-state index in [2.05, 4.69) is 0 Å². The van der Waals surface area contributed by atoms with Gasteiger partial charge in [-0.25, -0.2) is 9.80 Å². The van der Waals surface area contributed by atoms with Gasteiger partial charge in [0.05, 0.1) is 36.7 Å². The van der Waals surface area contributed by atoms with Gasteiger partial charge in [0.25, 0.3) is 5.91 Å². The zero-order valence-electron chi connectivity index (χ0n) is 19.6. The second-order valence-electron chi connectivity index (χ2n) is 8.94. The van der Waals surface area contributed by atoms with Gasteiger partial charge in [-0.3, -0.25) is 4.79 Å². The van der Waals surface area contributed by atoms with Crippen LogP contribution in [0.15, 0.2) is 46.9 Å². The van der Waals surface area contributed by atoms with Gasteiger partial charge in [-0.15, -0.1) is 5.17 Å². The summed E-state index contributed by atoms with van der Waals surface area (Å²) in [6.07, 6.45) is -5.14. The number of allylic oxidation sites excluding steroid dienone is 1. The summed E-state index contributed by atoms with van der Waals surface area (Å²) in [6.45, 7) is 4.98. The Kier molecular flexibility index (Phi) is 6.59. The number of halogens is 3. The molecule has 13 heteroatoms. The van der Waals surface area contributed by atoms with Crippen LogP contribution in [0.1, 0.15) is 30.6 Å². The molecule has 192 valence electrons. The third-order valence-corrected chi connectivity index (χ3v) is 5.92. The number of amides is 1. The molecule has 0 bridgehead atoms.